The highest BCUT2D eigenvalue weighted by Crippen LogP contribution is 2.41. The number of rotatable bonds is 3. The second-order valence-electron chi connectivity index (χ2n) is 6.08. The third-order valence-corrected chi connectivity index (χ3v) is 6.15. The normalized spacial score (nSPS) is 31.3. The molecule has 0 aromatic heterocycles. The van der Waals surface area contributed by atoms with Crippen LogP contribution in [0, 0.1) is 5.21 Å². The van der Waals surface area contributed by atoms with E-state index in [1.54, 1.807) is 0 Å². The molecule has 0 amide bonds. The van der Waals surface area contributed by atoms with Gasteiger partial charge in [0.15, 0.2) is 5.88 Å². The van der Waals surface area contributed by atoms with Gasteiger partial charge in [0.1, 0.15) is 6.54 Å². The average molecular weight is 312 g/mol. The number of nitrogens with one attached hydrogen (secondary N) is 1. The highest BCUT2D eigenvalue weighted by Gasteiger charge is 2.57. The molecule has 4 heteroatoms. The molecule has 3 nitrogen and oxygen atoms in total. The predicted octanol–water partition coefficient (Wildman–Crippen LogP) is 1.91. The van der Waals surface area contributed by atoms with E-state index in [0.717, 1.165) is 12.3 Å². The van der Waals surface area contributed by atoms with Crippen LogP contribution >= 0.6 is 11.8 Å². The summed E-state index contributed by atoms with van der Waals surface area (Å²) in [6, 6.07) is 21.4. The molecule has 2 heterocycles. The van der Waals surface area contributed by atoms with Crippen LogP contribution in [0.3, 0.4) is 0 Å². The number of hydroxylamine groups is 2. The van der Waals surface area contributed by atoms with Crippen LogP contribution in [0.2, 0.25) is 0 Å². The van der Waals surface area contributed by atoms with Gasteiger partial charge >= 0.3 is 0 Å². The summed E-state index contributed by atoms with van der Waals surface area (Å²) < 4.78 is 0. The van der Waals surface area contributed by atoms with Crippen molar-refractivity contribution in [2.75, 3.05) is 12.4 Å². The van der Waals surface area contributed by atoms with E-state index in [1.807, 2.05) is 17.8 Å². The second kappa shape index (κ2) is 6.05. The summed E-state index contributed by atoms with van der Waals surface area (Å²) in [5.74, 6) is 0.966. The van der Waals surface area contributed by atoms with Gasteiger partial charge in [0.05, 0.1) is 11.7 Å². The summed E-state index contributed by atoms with van der Waals surface area (Å²) in [5, 5.41) is 13.4. The van der Waals surface area contributed by atoms with Gasteiger partial charge in [-0.15, -0.1) is 0 Å². The van der Waals surface area contributed by atoms with Crippen LogP contribution < -0.4 is 9.96 Å². The smallest absolute Gasteiger partial charge is 0.263 e. The van der Waals surface area contributed by atoms with Gasteiger partial charge in [-0.1, -0.05) is 77.3 Å². The average Bonchev–Trinajstić information content (AvgIpc) is 3.09. The van der Waals surface area contributed by atoms with Crippen molar-refractivity contribution in [2.24, 2.45) is 0 Å². The summed E-state index contributed by atoms with van der Waals surface area (Å²) in [5.41, 5.74) is 2.61. The van der Waals surface area contributed by atoms with E-state index in [2.05, 4.69) is 59.5 Å². The lowest BCUT2D eigenvalue weighted by atomic mass is 10.1. The molecule has 0 aliphatic carbocycles. The summed E-state index contributed by atoms with van der Waals surface area (Å²) in [7, 11) is 0. The molecule has 0 saturated carbocycles. The quantitative estimate of drug-likeness (QED) is 0.694. The van der Waals surface area contributed by atoms with Gasteiger partial charge in [0.2, 0.25) is 6.04 Å². The molecular weight excluding hydrogens is 292 g/mol. The minimum Gasteiger partial charge on any atom is -0.630 e. The van der Waals surface area contributed by atoms with Crippen molar-refractivity contribution in [3.05, 3.63) is 77.0 Å². The van der Waals surface area contributed by atoms with Crippen LogP contribution in [0.5, 0.6) is 0 Å². The number of hydrogen-bond donors (Lipinski definition) is 1. The Morgan fingerprint density at radius 2 is 1.73 bits per heavy atom. The van der Waals surface area contributed by atoms with E-state index in [1.165, 1.54) is 11.1 Å². The first-order chi connectivity index (χ1) is 10.8. The first-order valence-electron chi connectivity index (χ1n) is 7.82. The Labute approximate surface area is 135 Å². The number of nitrogens with zero attached hydrogens (tertiary/aromatic N) is 1. The Bertz CT molecular complexity index is 619. The molecule has 2 fully saturated rings. The van der Waals surface area contributed by atoms with Crippen LogP contribution in [0.1, 0.15) is 16.4 Å². The van der Waals surface area contributed by atoms with Crippen LogP contribution in [0.4, 0.5) is 0 Å². The first kappa shape index (κ1) is 14.3. The maximum absolute atomic E-state index is 12.5. The second-order valence-corrected chi connectivity index (χ2v) is 7.18. The van der Waals surface area contributed by atoms with Gasteiger partial charge in [0.25, 0.3) is 6.17 Å². The SMILES string of the molecule is [O-][NH+]1CC2C(c3ccccc3)SC[N+]2C1Cc1ccccc1. The molecule has 2 aromatic carbocycles. The molecule has 113 valence electrons. The molecule has 2 saturated heterocycles. The molecule has 22 heavy (non-hydrogen) atoms. The van der Waals surface area contributed by atoms with Crippen LogP contribution in [-0.2, 0) is 6.42 Å². The van der Waals surface area contributed by atoms with Gasteiger partial charge in [-0.2, -0.15) is 0 Å². The van der Waals surface area contributed by atoms with Gasteiger partial charge in [-0.05, 0) is 11.1 Å². The number of hydrogen-bond acceptors (Lipinski definition) is 3. The Morgan fingerprint density at radius 1 is 1.05 bits per heavy atom. The topological polar surface area (TPSA) is 33.4 Å². The van der Waals surface area contributed by atoms with Crippen molar-refractivity contribution in [1.29, 1.82) is 0 Å². The fourth-order valence-corrected chi connectivity index (χ4v) is 5.18. The van der Waals surface area contributed by atoms with E-state index in [0.29, 0.717) is 22.9 Å². The zero-order valence-electron chi connectivity index (χ0n) is 12.4. The van der Waals surface area contributed by atoms with E-state index in [9.17, 15) is 5.21 Å². The Hall–Kier alpha value is -1.33. The Balaban J connectivity index is 1.53. The number of fused-ring (bicyclic) bond motifs is 1. The van der Waals surface area contributed by atoms with Crippen molar-refractivity contribution in [1.82, 2.24) is 4.90 Å². The molecule has 4 rings (SSSR count). The van der Waals surface area contributed by atoms with E-state index < -0.39 is 0 Å². The molecule has 2 aromatic rings. The zero-order chi connectivity index (χ0) is 14.9. The molecule has 0 spiro atoms. The lowest BCUT2D eigenvalue weighted by Gasteiger charge is -2.21. The molecule has 1 radical (unpaired) electrons. The monoisotopic (exact) mass is 312 g/mol. The van der Waals surface area contributed by atoms with Gasteiger partial charge in [-0.25, -0.2) is 0 Å². The van der Waals surface area contributed by atoms with E-state index >= 15 is 0 Å². The summed E-state index contributed by atoms with van der Waals surface area (Å²) in [6.07, 6.45) is 0.909. The standard InChI is InChI=1S/C18H20N2OS/c21-20-12-16-18(15-9-5-2-6-10-15)22-13-19(16)17(20)11-14-7-3-1-4-8-14/h1-10,16-18,20H,11-13H2/q+1. The van der Waals surface area contributed by atoms with Gasteiger partial charge in [0, 0.05) is 0 Å². The Kier molecular flexibility index (Phi) is 3.92. The minimum atomic E-state index is 0.0635. The largest absolute Gasteiger partial charge is 0.630 e. The van der Waals surface area contributed by atoms with Crippen LogP contribution in [0.15, 0.2) is 60.7 Å². The number of quaternary nitrogens is 1. The van der Waals surface area contributed by atoms with Crippen LogP contribution in [-0.4, -0.2) is 24.6 Å². The van der Waals surface area contributed by atoms with E-state index in [-0.39, 0.29) is 6.17 Å². The molecule has 4 unspecified atom stereocenters. The third kappa shape index (κ3) is 2.57. The molecule has 2 aliphatic heterocycles. The van der Waals surface area contributed by atoms with Crippen molar-refractivity contribution in [2.45, 2.75) is 23.9 Å². The maximum Gasteiger partial charge on any atom is 0.263 e. The molecule has 4 atom stereocenters. The summed E-state index contributed by atoms with van der Waals surface area (Å²) >= 11 is 1.98. The first-order valence-corrected chi connectivity index (χ1v) is 8.87. The fraction of sp³-hybridized carbons (Fsp3) is 0.333. The molecule has 1 N–H and O–H groups in total. The van der Waals surface area contributed by atoms with Crippen LogP contribution in [0.25, 0.3) is 0 Å². The van der Waals surface area contributed by atoms with Gasteiger partial charge < -0.3 is 10.3 Å². The van der Waals surface area contributed by atoms with E-state index in [4.69, 9.17) is 0 Å². The van der Waals surface area contributed by atoms with Crippen molar-refractivity contribution < 1.29 is 5.06 Å². The molecular formula is C18H20N2OS+. The third-order valence-electron chi connectivity index (χ3n) is 4.76. The highest BCUT2D eigenvalue weighted by molar-refractivity contribution is 7.99. The lowest BCUT2D eigenvalue weighted by Crippen LogP contribution is -3.10. The molecule has 0 bridgehead atoms. The van der Waals surface area contributed by atoms with Crippen molar-refractivity contribution in [3.8, 4) is 0 Å². The fourth-order valence-electron chi connectivity index (χ4n) is 3.65. The van der Waals surface area contributed by atoms with Crippen molar-refractivity contribution in [3.63, 3.8) is 0 Å². The van der Waals surface area contributed by atoms with Gasteiger partial charge in [-0.3, -0.25) is 0 Å². The van der Waals surface area contributed by atoms with Crippen molar-refractivity contribution >= 4 is 11.8 Å². The number of benzene rings is 2. The highest BCUT2D eigenvalue weighted by atomic mass is 32.2. The summed E-state index contributed by atoms with van der Waals surface area (Å²) in [6.45, 7) is 0.698. The maximum atomic E-state index is 12.5. The Morgan fingerprint density at radius 3 is 2.45 bits per heavy atom. The number of thioether (sulfide) groups is 1. The minimum absolute atomic E-state index is 0.0635. The lowest BCUT2D eigenvalue weighted by molar-refractivity contribution is -0.865. The predicted molar refractivity (Wildman–Crippen MR) is 90.7 cm³/mol. The molecule has 2 aliphatic rings. The summed E-state index contributed by atoms with van der Waals surface area (Å²) in [4.78, 5) is 2.43. The zero-order valence-corrected chi connectivity index (χ0v) is 13.2.